The number of benzene rings is 1. The van der Waals surface area contributed by atoms with E-state index in [-0.39, 0.29) is 18.1 Å². The second-order valence-electron chi connectivity index (χ2n) is 5.03. The van der Waals surface area contributed by atoms with Crippen LogP contribution in [0.25, 0.3) is 10.9 Å². The molecule has 0 radical (unpaired) electrons. The molecule has 6 heteroatoms. The normalized spacial score (nSPS) is 10.6. The largest absolute Gasteiger partial charge is 0.497 e. The monoisotopic (exact) mass is 319 g/mol. The molecule has 1 heterocycles. The molecule has 0 saturated carbocycles. The third kappa shape index (κ3) is 3.31. The lowest BCUT2D eigenvalue weighted by Crippen LogP contribution is -2.14. The fourth-order valence-corrected chi connectivity index (χ4v) is 2.54. The molecule has 1 aromatic heterocycles. The summed E-state index contributed by atoms with van der Waals surface area (Å²) < 4.78 is 17.5. The van der Waals surface area contributed by atoms with Crippen molar-refractivity contribution in [3.8, 4) is 11.5 Å². The lowest BCUT2D eigenvalue weighted by Gasteiger charge is -2.09. The average Bonchev–Trinajstić information content (AvgIpc) is 2.80. The number of rotatable bonds is 6. The molecule has 0 aliphatic heterocycles. The van der Waals surface area contributed by atoms with Crippen molar-refractivity contribution in [3.63, 3.8) is 0 Å². The third-order valence-electron chi connectivity index (χ3n) is 3.39. The molecular weight excluding hydrogens is 298 g/mol. The van der Waals surface area contributed by atoms with Crippen LogP contribution in [0.2, 0.25) is 0 Å². The van der Waals surface area contributed by atoms with E-state index in [1.165, 1.54) is 6.92 Å². The van der Waals surface area contributed by atoms with Crippen LogP contribution >= 0.6 is 0 Å². The number of carbonyl (C=O) groups excluding carboxylic acids is 2. The molecule has 23 heavy (non-hydrogen) atoms. The highest BCUT2D eigenvalue weighted by molar-refractivity contribution is 6.03. The molecule has 0 atom stereocenters. The zero-order chi connectivity index (χ0) is 17.0. The maximum Gasteiger partial charge on any atom is 0.358 e. The van der Waals surface area contributed by atoms with Crippen LogP contribution in [0, 0.1) is 0 Å². The number of hydrogen-bond donors (Lipinski definition) is 0. The minimum absolute atomic E-state index is 0.221. The quantitative estimate of drug-likeness (QED) is 0.765. The summed E-state index contributed by atoms with van der Waals surface area (Å²) in [4.78, 5) is 23.9. The summed E-state index contributed by atoms with van der Waals surface area (Å²) in [6, 6.07) is 5.41. The first-order valence-corrected chi connectivity index (χ1v) is 7.59. The topological polar surface area (TPSA) is 66.8 Å². The molecule has 2 rings (SSSR count). The molecular formula is C17H21NO5. The van der Waals surface area contributed by atoms with Gasteiger partial charge in [-0.1, -0.05) is 6.92 Å². The first-order chi connectivity index (χ1) is 11.0. The summed E-state index contributed by atoms with van der Waals surface area (Å²) in [5.74, 6) is -0.158. The Hall–Kier alpha value is -2.50. The van der Waals surface area contributed by atoms with Crippen molar-refractivity contribution in [2.45, 2.75) is 33.7 Å². The van der Waals surface area contributed by atoms with E-state index in [2.05, 4.69) is 0 Å². The van der Waals surface area contributed by atoms with E-state index in [1.807, 2.05) is 17.6 Å². The highest BCUT2D eigenvalue weighted by Crippen LogP contribution is 2.36. The van der Waals surface area contributed by atoms with Crippen LogP contribution in [0.5, 0.6) is 11.5 Å². The van der Waals surface area contributed by atoms with E-state index in [0.29, 0.717) is 17.7 Å². The summed E-state index contributed by atoms with van der Waals surface area (Å²) in [6.45, 7) is 5.90. The SMILES string of the molecule is CCCn1c(C(=O)OCC)c(OC(C)=O)c2cc(OC)ccc21. The standard InChI is InChI=1S/C17H21NO5/c1-5-9-18-14-8-7-12(21-4)10-13(14)16(23-11(3)19)15(18)17(20)22-6-2/h7-8,10H,5-6,9H2,1-4H3. The van der Waals surface area contributed by atoms with Gasteiger partial charge in [-0.25, -0.2) is 4.79 Å². The van der Waals surface area contributed by atoms with Gasteiger partial charge < -0.3 is 18.8 Å². The average molecular weight is 319 g/mol. The van der Waals surface area contributed by atoms with Crippen molar-refractivity contribution in [1.29, 1.82) is 0 Å². The molecule has 6 nitrogen and oxygen atoms in total. The van der Waals surface area contributed by atoms with E-state index in [4.69, 9.17) is 14.2 Å². The van der Waals surface area contributed by atoms with E-state index >= 15 is 0 Å². The predicted molar refractivity (Wildman–Crippen MR) is 86.0 cm³/mol. The summed E-state index contributed by atoms with van der Waals surface area (Å²) in [6.07, 6.45) is 0.821. The Morgan fingerprint density at radius 2 is 1.96 bits per heavy atom. The van der Waals surface area contributed by atoms with Gasteiger partial charge in [-0.15, -0.1) is 0 Å². The Labute approximate surface area is 134 Å². The number of esters is 2. The molecule has 0 N–H and O–H groups in total. The van der Waals surface area contributed by atoms with Crippen LogP contribution in [0.3, 0.4) is 0 Å². The number of hydrogen-bond acceptors (Lipinski definition) is 5. The van der Waals surface area contributed by atoms with Crippen LogP contribution in [0.4, 0.5) is 0 Å². The molecule has 2 aromatic rings. The summed E-state index contributed by atoms with van der Waals surface area (Å²) >= 11 is 0. The number of methoxy groups -OCH3 is 1. The molecule has 0 bridgehead atoms. The first-order valence-electron chi connectivity index (χ1n) is 7.59. The maximum absolute atomic E-state index is 12.4. The number of aryl methyl sites for hydroxylation is 1. The number of nitrogens with zero attached hydrogens (tertiary/aromatic N) is 1. The van der Waals surface area contributed by atoms with Crippen LogP contribution in [0.1, 0.15) is 37.7 Å². The molecule has 0 unspecified atom stereocenters. The predicted octanol–water partition coefficient (Wildman–Crippen LogP) is 3.16. The number of carbonyl (C=O) groups is 2. The van der Waals surface area contributed by atoms with Gasteiger partial charge >= 0.3 is 11.9 Å². The van der Waals surface area contributed by atoms with Gasteiger partial charge in [-0.2, -0.15) is 0 Å². The molecule has 1 aromatic carbocycles. The number of ether oxygens (including phenoxy) is 3. The number of aromatic nitrogens is 1. The highest BCUT2D eigenvalue weighted by Gasteiger charge is 2.26. The van der Waals surface area contributed by atoms with Gasteiger partial charge in [0.05, 0.1) is 19.2 Å². The van der Waals surface area contributed by atoms with Crippen molar-refractivity contribution in [3.05, 3.63) is 23.9 Å². The van der Waals surface area contributed by atoms with Gasteiger partial charge in [-0.3, -0.25) is 4.79 Å². The second-order valence-corrected chi connectivity index (χ2v) is 5.03. The van der Waals surface area contributed by atoms with Gasteiger partial charge in [0, 0.05) is 18.9 Å². The molecule has 0 amide bonds. The van der Waals surface area contributed by atoms with E-state index in [9.17, 15) is 9.59 Å². The zero-order valence-electron chi connectivity index (χ0n) is 13.8. The zero-order valence-corrected chi connectivity index (χ0v) is 13.8. The van der Waals surface area contributed by atoms with Crippen molar-refractivity contribution >= 4 is 22.8 Å². The minimum Gasteiger partial charge on any atom is -0.497 e. The molecule has 124 valence electrons. The Morgan fingerprint density at radius 3 is 2.52 bits per heavy atom. The minimum atomic E-state index is -0.507. The fraction of sp³-hybridized carbons (Fsp3) is 0.412. The van der Waals surface area contributed by atoms with Gasteiger partial charge in [-0.05, 0) is 31.5 Å². The first kappa shape index (κ1) is 16.9. The summed E-state index contributed by atoms with van der Waals surface area (Å²) in [5, 5.41) is 0.649. The molecule has 0 fully saturated rings. The van der Waals surface area contributed by atoms with E-state index in [1.54, 1.807) is 26.2 Å². The molecule has 0 spiro atoms. The van der Waals surface area contributed by atoms with E-state index in [0.717, 1.165) is 11.9 Å². The van der Waals surface area contributed by atoms with Crippen LogP contribution in [-0.4, -0.2) is 30.2 Å². The molecule has 0 aliphatic carbocycles. The van der Waals surface area contributed by atoms with Crippen molar-refractivity contribution in [1.82, 2.24) is 4.57 Å². The Morgan fingerprint density at radius 1 is 1.22 bits per heavy atom. The maximum atomic E-state index is 12.4. The van der Waals surface area contributed by atoms with Gasteiger partial charge in [0.25, 0.3) is 0 Å². The molecule has 0 aliphatic rings. The van der Waals surface area contributed by atoms with Crippen LogP contribution in [-0.2, 0) is 16.1 Å². The molecule has 0 saturated heterocycles. The lowest BCUT2D eigenvalue weighted by atomic mass is 10.2. The Bertz CT molecular complexity index is 732. The van der Waals surface area contributed by atoms with Crippen LogP contribution < -0.4 is 9.47 Å². The van der Waals surface area contributed by atoms with Gasteiger partial charge in [0.1, 0.15) is 5.75 Å². The highest BCUT2D eigenvalue weighted by atomic mass is 16.5. The van der Waals surface area contributed by atoms with Crippen LogP contribution in [0.15, 0.2) is 18.2 Å². The summed E-state index contributed by atoms with van der Waals surface area (Å²) in [7, 11) is 1.56. The second kappa shape index (κ2) is 7.17. The van der Waals surface area contributed by atoms with Crippen molar-refractivity contribution in [2.24, 2.45) is 0 Å². The van der Waals surface area contributed by atoms with Gasteiger partial charge in [0.2, 0.25) is 0 Å². The third-order valence-corrected chi connectivity index (χ3v) is 3.39. The fourth-order valence-electron chi connectivity index (χ4n) is 2.54. The Balaban J connectivity index is 2.77. The van der Waals surface area contributed by atoms with Crippen molar-refractivity contribution < 1.29 is 23.8 Å². The lowest BCUT2D eigenvalue weighted by molar-refractivity contribution is -0.131. The van der Waals surface area contributed by atoms with Gasteiger partial charge in [0.15, 0.2) is 11.4 Å². The van der Waals surface area contributed by atoms with Crippen molar-refractivity contribution in [2.75, 3.05) is 13.7 Å². The summed E-state index contributed by atoms with van der Waals surface area (Å²) in [5.41, 5.74) is 1.05. The Kier molecular flexibility index (Phi) is 5.26. The number of fused-ring (bicyclic) bond motifs is 1. The smallest absolute Gasteiger partial charge is 0.358 e. The van der Waals surface area contributed by atoms with E-state index < -0.39 is 11.9 Å².